The van der Waals surface area contributed by atoms with Gasteiger partial charge >= 0.3 is 0 Å². The van der Waals surface area contributed by atoms with Gasteiger partial charge < -0.3 is 14.6 Å². The number of nitrogens with zero attached hydrogens (tertiary/aromatic N) is 5. The molecule has 1 aromatic rings. The van der Waals surface area contributed by atoms with E-state index in [1.165, 1.54) is 0 Å². The topological polar surface area (TPSA) is 105 Å². The summed E-state index contributed by atoms with van der Waals surface area (Å²) in [6.45, 7) is 1.44. The number of aromatic nitrogens is 2. The fourth-order valence-corrected chi connectivity index (χ4v) is 2.55. The molecular formula is C15H16N6O2. The molecule has 3 rings (SSSR count). The first-order valence-corrected chi connectivity index (χ1v) is 7.42. The van der Waals surface area contributed by atoms with Gasteiger partial charge in [-0.3, -0.25) is 4.79 Å². The van der Waals surface area contributed by atoms with Crippen LogP contribution in [0, 0.1) is 23.7 Å². The molecule has 0 spiro atoms. The highest BCUT2D eigenvalue weighted by Crippen LogP contribution is 2.37. The second-order valence-corrected chi connectivity index (χ2v) is 5.48. The van der Waals surface area contributed by atoms with E-state index in [-0.39, 0.29) is 12.3 Å². The van der Waals surface area contributed by atoms with E-state index in [9.17, 15) is 10.1 Å². The second kappa shape index (κ2) is 6.19. The third-order valence-electron chi connectivity index (χ3n) is 3.91. The van der Waals surface area contributed by atoms with Crippen molar-refractivity contribution in [2.75, 3.05) is 11.9 Å². The molecule has 0 aromatic carbocycles. The zero-order valence-corrected chi connectivity index (χ0v) is 12.6. The number of carbonyl (C=O) groups excluding carboxylic acids is 1. The Bertz CT molecular complexity index is 730. The fourth-order valence-electron chi connectivity index (χ4n) is 2.55. The molecule has 0 unspecified atom stereocenters. The van der Waals surface area contributed by atoms with Crippen LogP contribution in [0.4, 0.5) is 5.82 Å². The van der Waals surface area contributed by atoms with E-state index in [1.54, 1.807) is 4.57 Å². The average Bonchev–Trinajstić information content (AvgIpc) is 3.25. The molecule has 1 amide bonds. The fraction of sp³-hybridized carbons (Fsp3) is 0.533. The number of hydrogen-bond donors (Lipinski definition) is 1. The molecule has 8 nitrogen and oxygen atoms in total. The largest absolute Gasteiger partial charge is 0.372 e. The molecule has 2 aliphatic heterocycles. The Hall–Kier alpha value is -2.71. The molecule has 0 atom stereocenters. The molecule has 3 heterocycles. The Kier molecular flexibility index (Phi) is 4.09. The minimum absolute atomic E-state index is 0.213. The summed E-state index contributed by atoms with van der Waals surface area (Å²) < 4.78 is 7.08. The Balaban J connectivity index is 1.59. The van der Waals surface area contributed by atoms with Crippen molar-refractivity contribution in [1.82, 2.24) is 9.55 Å². The summed E-state index contributed by atoms with van der Waals surface area (Å²) in [4.78, 5) is 16.4. The summed E-state index contributed by atoms with van der Waals surface area (Å²) in [6.07, 6.45) is 7.25. The Morgan fingerprint density at radius 1 is 1.48 bits per heavy atom. The van der Waals surface area contributed by atoms with E-state index >= 15 is 0 Å². The summed E-state index contributed by atoms with van der Waals surface area (Å²) in [5.41, 5.74) is -0.122. The van der Waals surface area contributed by atoms with E-state index in [2.05, 4.69) is 32.5 Å². The van der Waals surface area contributed by atoms with Crippen LogP contribution in [0.25, 0.3) is 0 Å². The first-order chi connectivity index (χ1) is 11.2. The van der Waals surface area contributed by atoms with Gasteiger partial charge in [-0.2, -0.15) is 15.5 Å². The third kappa shape index (κ3) is 3.22. The lowest BCUT2D eigenvalue weighted by molar-refractivity contribution is -0.116. The smallest absolute Gasteiger partial charge is 0.225 e. The standard InChI is InChI=1S/C15H16N6O2/c1-2-3-5-15(19-20-15)6-4-13(22)18-14-11(9-16)21-7-8-23-10-12(21)17-14/h1H,3-8,10H2,(H,18,22). The molecule has 8 heteroatoms. The highest BCUT2D eigenvalue weighted by atomic mass is 16.5. The molecular weight excluding hydrogens is 296 g/mol. The van der Waals surface area contributed by atoms with E-state index in [1.807, 2.05) is 0 Å². The lowest BCUT2D eigenvalue weighted by Crippen LogP contribution is -2.19. The minimum Gasteiger partial charge on any atom is -0.372 e. The number of amides is 1. The van der Waals surface area contributed by atoms with Gasteiger partial charge in [0.2, 0.25) is 5.91 Å². The van der Waals surface area contributed by atoms with Crippen molar-refractivity contribution in [3.63, 3.8) is 0 Å². The Labute approximate surface area is 133 Å². The van der Waals surface area contributed by atoms with Gasteiger partial charge in [0.25, 0.3) is 0 Å². The normalized spacial score (nSPS) is 17.0. The molecule has 0 saturated carbocycles. The monoisotopic (exact) mass is 312 g/mol. The van der Waals surface area contributed by atoms with Crippen LogP contribution >= 0.6 is 0 Å². The van der Waals surface area contributed by atoms with Gasteiger partial charge in [0.1, 0.15) is 18.5 Å². The molecule has 2 aliphatic rings. The van der Waals surface area contributed by atoms with E-state index in [0.29, 0.717) is 56.4 Å². The maximum Gasteiger partial charge on any atom is 0.225 e. The van der Waals surface area contributed by atoms with Crippen LogP contribution in [0.15, 0.2) is 10.2 Å². The molecule has 0 bridgehead atoms. The quantitative estimate of drug-likeness (QED) is 0.805. The predicted octanol–water partition coefficient (Wildman–Crippen LogP) is 1.58. The second-order valence-electron chi connectivity index (χ2n) is 5.48. The van der Waals surface area contributed by atoms with Crippen LogP contribution in [-0.2, 0) is 22.7 Å². The van der Waals surface area contributed by atoms with Gasteiger partial charge in [-0.25, -0.2) is 4.98 Å². The van der Waals surface area contributed by atoms with Crippen molar-refractivity contribution in [2.45, 2.75) is 44.5 Å². The summed E-state index contributed by atoms with van der Waals surface area (Å²) >= 11 is 0. The van der Waals surface area contributed by atoms with Gasteiger partial charge in [0, 0.05) is 32.2 Å². The molecule has 1 aromatic heterocycles. The summed E-state index contributed by atoms with van der Waals surface area (Å²) in [5, 5.41) is 20.0. The average molecular weight is 312 g/mol. The predicted molar refractivity (Wildman–Crippen MR) is 80.1 cm³/mol. The lowest BCUT2D eigenvalue weighted by Gasteiger charge is -2.14. The van der Waals surface area contributed by atoms with Crippen molar-refractivity contribution in [3.05, 3.63) is 11.5 Å². The number of nitriles is 1. The third-order valence-corrected chi connectivity index (χ3v) is 3.91. The zero-order valence-electron chi connectivity index (χ0n) is 12.6. The van der Waals surface area contributed by atoms with Crippen LogP contribution in [0.5, 0.6) is 0 Å². The van der Waals surface area contributed by atoms with Gasteiger partial charge in [0.15, 0.2) is 17.2 Å². The number of fused-ring (bicyclic) bond motifs is 1. The number of imidazole rings is 1. The van der Waals surface area contributed by atoms with Crippen molar-refractivity contribution in [1.29, 1.82) is 5.26 Å². The van der Waals surface area contributed by atoms with Crippen molar-refractivity contribution < 1.29 is 9.53 Å². The van der Waals surface area contributed by atoms with E-state index in [4.69, 9.17) is 11.2 Å². The van der Waals surface area contributed by atoms with Crippen molar-refractivity contribution in [3.8, 4) is 18.4 Å². The number of ether oxygens (including phenoxy) is 1. The van der Waals surface area contributed by atoms with E-state index < -0.39 is 5.66 Å². The van der Waals surface area contributed by atoms with Crippen LogP contribution in [0.1, 0.15) is 37.2 Å². The molecule has 0 aliphatic carbocycles. The summed E-state index contributed by atoms with van der Waals surface area (Å²) in [6, 6.07) is 2.09. The maximum absolute atomic E-state index is 12.1. The highest BCUT2D eigenvalue weighted by molar-refractivity contribution is 5.90. The van der Waals surface area contributed by atoms with Crippen LogP contribution < -0.4 is 5.32 Å². The van der Waals surface area contributed by atoms with Crippen molar-refractivity contribution >= 4 is 11.7 Å². The van der Waals surface area contributed by atoms with Gasteiger partial charge in [-0.1, -0.05) is 0 Å². The number of rotatable bonds is 6. The van der Waals surface area contributed by atoms with E-state index in [0.717, 1.165) is 0 Å². The Morgan fingerprint density at radius 3 is 3.00 bits per heavy atom. The zero-order chi connectivity index (χ0) is 16.3. The van der Waals surface area contributed by atoms with Crippen LogP contribution in [0.3, 0.4) is 0 Å². The molecule has 118 valence electrons. The summed E-state index contributed by atoms with van der Waals surface area (Å²) in [5.74, 6) is 3.29. The van der Waals surface area contributed by atoms with Crippen molar-refractivity contribution in [2.24, 2.45) is 10.2 Å². The van der Waals surface area contributed by atoms with Gasteiger partial charge in [-0.15, -0.1) is 12.3 Å². The number of terminal acetylenes is 1. The summed E-state index contributed by atoms with van der Waals surface area (Å²) in [7, 11) is 0. The van der Waals surface area contributed by atoms with Gasteiger partial charge in [0.05, 0.1) is 6.61 Å². The molecule has 0 saturated heterocycles. The Morgan fingerprint density at radius 2 is 2.30 bits per heavy atom. The molecule has 23 heavy (non-hydrogen) atoms. The number of hydrogen-bond acceptors (Lipinski definition) is 6. The van der Waals surface area contributed by atoms with Crippen LogP contribution in [-0.4, -0.2) is 27.7 Å². The number of carbonyl (C=O) groups is 1. The number of nitrogens with one attached hydrogen (secondary N) is 1. The maximum atomic E-state index is 12.1. The first kappa shape index (κ1) is 15.2. The lowest BCUT2D eigenvalue weighted by atomic mass is 10.0. The molecule has 0 radical (unpaired) electrons. The highest BCUT2D eigenvalue weighted by Gasteiger charge is 2.39. The van der Waals surface area contributed by atoms with Gasteiger partial charge in [-0.05, 0) is 0 Å². The van der Waals surface area contributed by atoms with Crippen LogP contribution in [0.2, 0.25) is 0 Å². The molecule has 0 fully saturated rings. The molecule has 1 N–H and O–H groups in total. The minimum atomic E-state index is -0.483. The first-order valence-electron chi connectivity index (χ1n) is 7.42. The number of anilines is 1. The SMILES string of the molecule is C#CCCC1(CCC(=O)Nc2nc3n(c2C#N)CCOC3)N=N1.